The Balaban J connectivity index is 2.56. The SMILES string of the molecule is C[C@H]1CN(O)C(=O)[C@@H]1CCO. The van der Waals surface area contributed by atoms with Crippen LogP contribution in [0.15, 0.2) is 0 Å². The molecular weight excluding hydrogens is 146 g/mol. The molecule has 0 unspecified atom stereocenters. The molecule has 1 aliphatic rings. The number of rotatable bonds is 2. The van der Waals surface area contributed by atoms with E-state index in [2.05, 4.69) is 0 Å². The van der Waals surface area contributed by atoms with E-state index in [1.807, 2.05) is 6.92 Å². The predicted octanol–water partition coefficient (Wildman–Crippen LogP) is -0.148. The molecule has 0 spiro atoms. The van der Waals surface area contributed by atoms with Gasteiger partial charge in [-0.25, -0.2) is 5.06 Å². The summed E-state index contributed by atoms with van der Waals surface area (Å²) >= 11 is 0. The second-order valence-corrected chi connectivity index (χ2v) is 3.02. The van der Waals surface area contributed by atoms with Gasteiger partial charge in [0.2, 0.25) is 5.91 Å². The third-order valence-electron chi connectivity index (χ3n) is 2.16. The lowest BCUT2D eigenvalue weighted by Crippen LogP contribution is -2.23. The Morgan fingerprint density at radius 3 is 2.73 bits per heavy atom. The quantitative estimate of drug-likeness (QED) is 0.551. The van der Waals surface area contributed by atoms with Gasteiger partial charge in [-0.05, 0) is 12.3 Å². The van der Waals surface area contributed by atoms with Crippen LogP contribution in [0.5, 0.6) is 0 Å². The van der Waals surface area contributed by atoms with Gasteiger partial charge in [-0.2, -0.15) is 0 Å². The van der Waals surface area contributed by atoms with Crippen molar-refractivity contribution in [3.05, 3.63) is 0 Å². The summed E-state index contributed by atoms with van der Waals surface area (Å²) in [5.41, 5.74) is 0. The number of carbonyl (C=O) groups is 1. The standard InChI is InChI=1S/C7H13NO3/c1-5-4-8(11)7(10)6(5)2-3-9/h5-6,9,11H,2-4H2,1H3/t5-,6+/m0/s1. The van der Waals surface area contributed by atoms with Gasteiger partial charge in [0.25, 0.3) is 0 Å². The predicted molar refractivity (Wildman–Crippen MR) is 37.9 cm³/mol. The largest absolute Gasteiger partial charge is 0.396 e. The number of hydrogen-bond acceptors (Lipinski definition) is 3. The number of amides is 1. The number of hydrogen-bond donors (Lipinski definition) is 2. The minimum Gasteiger partial charge on any atom is -0.396 e. The lowest BCUT2D eigenvalue weighted by Gasteiger charge is -2.08. The number of aliphatic hydroxyl groups is 1. The highest BCUT2D eigenvalue weighted by Crippen LogP contribution is 2.25. The second-order valence-electron chi connectivity index (χ2n) is 3.02. The summed E-state index contributed by atoms with van der Waals surface area (Å²) in [6, 6.07) is 0. The van der Waals surface area contributed by atoms with E-state index in [1.54, 1.807) is 0 Å². The van der Waals surface area contributed by atoms with E-state index in [0.29, 0.717) is 13.0 Å². The molecule has 0 aromatic heterocycles. The molecule has 0 bridgehead atoms. The molecule has 1 amide bonds. The maximum absolute atomic E-state index is 11.1. The molecule has 0 aromatic carbocycles. The highest BCUT2D eigenvalue weighted by Gasteiger charge is 2.36. The Morgan fingerprint density at radius 1 is 1.73 bits per heavy atom. The van der Waals surface area contributed by atoms with Crippen molar-refractivity contribution < 1.29 is 15.1 Å². The van der Waals surface area contributed by atoms with Crippen molar-refractivity contribution in [2.45, 2.75) is 13.3 Å². The van der Waals surface area contributed by atoms with Crippen LogP contribution in [0.3, 0.4) is 0 Å². The minimum atomic E-state index is -0.258. The van der Waals surface area contributed by atoms with Crippen LogP contribution >= 0.6 is 0 Å². The summed E-state index contributed by atoms with van der Waals surface area (Å²) in [6.07, 6.45) is 0.455. The normalized spacial score (nSPS) is 31.5. The molecule has 11 heavy (non-hydrogen) atoms. The number of carbonyl (C=O) groups excluding carboxylic acids is 1. The van der Waals surface area contributed by atoms with Crippen molar-refractivity contribution >= 4 is 5.91 Å². The zero-order valence-electron chi connectivity index (χ0n) is 6.53. The van der Waals surface area contributed by atoms with Crippen LogP contribution in [0.1, 0.15) is 13.3 Å². The van der Waals surface area contributed by atoms with Crippen LogP contribution in [0.25, 0.3) is 0 Å². The number of aliphatic hydroxyl groups excluding tert-OH is 1. The molecule has 1 aliphatic heterocycles. The third-order valence-corrected chi connectivity index (χ3v) is 2.16. The molecule has 1 rings (SSSR count). The average molecular weight is 159 g/mol. The number of nitrogens with zero attached hydrogens (tertiary/aromatic N) is 1. The average Bonchev–Trinajstić information content (AvgIpc) is 2.17. The van der Waals surface area contributed by atoms with Gasteiger partial charge in [0.05, 0.1) is 6.54 Å². The van der Waals surface area contributed by atoms with E-state index < -0.39 is 0 Å². The van der Waals surface area contributed by atoms with Gasteiger partial charge in [-0.1, -0.05) is 6.92 Å². The zero-order chi connectivity index (χ0) is 8.43. The summed E-state index contributed by atoms with van der Waals surface area (Å²) in [5.74, 6) is -0.295. The Kier molecular flexibility index (Phi) is 2.46. The van der Waals surface area contributed by atoms with Crippen LogP contribution in [-0.4, -0.2) is 34.4 Å². The molecule has 4 nitrogen and oxygen atoms in total. The Morgan fingerprint density at radius 2 is 2.36 bits per heavy atom. The first-order chi connectivity index (χ1) is 5.16. The van der Waals surface area contributed by atoms with Gasteiger partial charge in [-0.3, -0.25) is 10.0 Å². The molecule has 0 saturated carbocycles. The maximum Gasteiger partial charge on any atom is 0.249 e. The molecular formula is C7H13NO3. The highest BCUT2D eigenvalue weighted by molar-refractivity contribution is 5.80. The fraction of sp³-hybridized carbons (Fsp3) is 0.857. The minimum absolute atomic E-state index is 0.00852. The lowest BCUT2D eigenvalue weighted by atomic mass is 9.95. The molecule has 2 atom stereocenters. The maximum atomic E-state index is 11.1. The summed E-state index contributed by atoms with van der Waals surface area (Å²) < 4.78 is 0. The molecule has 0 radical (unpaired) electrons. The second kappa shape index (κ2) is 3.19. The van der Waals surface area contributed by atoms with Crippen LogP contribution < -0.4 is 0 Å². The fourth-order valence-electron chi connectivity index (χ4n) is 1.47. The molecule has 2 N–H and O–H groups in total. The topological polar surface area (TPSA) is 60.8 Å². The van der Waals surface area contributed by atoms with Crippen molar-refractivity contribution in [1.82, 2.24) is 5.06 Å². The van der Waals surface area contributed by atoms with Crippen molar-refractivity contribution in [1.29, 1.82) is 0 Å². The van der Waals surface area contributed by atoms with Gasteiger partial charge in [0.1, 0.15) is 0 Å². The fourth-order valence-corrected chi connectivity index (χ4v) is 1.47. The van der Waals surface area contributed by atoms with Crippen molar-refractivity contribution in [2.24, 2.45) is 11.8 Å². The molecule has 1 saturated heterocycles. The van der Waals surface area contributed by atoms with Gasteiger partial charge in [0, 0.05) is 12.5 Å². The molecule has 1 fully saturated rings. The highest BCUT2D eigenvalue weighted by atomic mass is 16.5. The van der Waals surface area contributed by atoms with Crippen molar-refractivity contribution in [3.63, 3.8) is 0 Å². The van der Waals surface area contributed by atoms with E-state index >= 15 is 0 Å². The van der Waals surface area contributed by atoms with Crippen LogP contribution in [0.4, 0.5) is 0 Å². The van der Waals surface area contributed by atoms with Crippen molar-refractivity contribution in [3.8, 4) is 0 Å². The van der Waals surface area contributed by atoms with Crippen LogP contribution in [0.2, 0.25) is 0 Å². The monoisotopic (exact) mass is 159 g/mol. The Labute approximate surface area is 65.4 Å². The van der Waals surface area contributed by atoms with E-state index in [9.17, 15) is 4.79 Å². The first kappa shape index (κ1) is 8.49. The summed E-state index contributed by atoms with van der Waals surface area (Å²) in [6.45, 7) is 2.30. The summed E-state index contributed by atoms with van der Waals surface area (Å²) in [4.78, 5) is 11.1. The Hall–Kier alpha value is -0.610. The molecule has 1 heterocycles. The van der Waals surface area contributed by atoms with Gasteiger partial charge >= 0.3 is 0 Å². The molecule has 0 aliphatic carbocycles. The van der Waals surface area contributed by atoms with Crippen LogP contribution in [-0.2, 0) is 4.79 Å². The lowest BCUT2D eigenvalue weighted by molar-refractivity contribution is -0.160. The van der Waals surface area contributed by atoms with Gasteiger partial charge in [-0.15, -0.1) is 0 Å². The smallest absolute Gasteiger partial charge is 0.249 e. The zero-order valence-corrected chi connectivity index (χ0v) is 6.53. The summed E-state index contributed by atoms with van der Waals surface area (Å²) in [7, 11) is 0. The van der Waals surface area contributed by atoms with E-state index in [1.165, 1.54) is 0 Å². The third kappa shape index (κ3) is 1.52. The molecule has 4 heteroatoms. The van der Waals surface area contributed by atoms with E-state index in [0.717, 1.165) is 5.06 Å². The van der Waals surface area contributed by atoms with E-state index in [-0.39, 0.29) is 24.3 Å². The van der Waals surface area contributed by atoms with Gasteiger partial charge in [0.15, 0.2) is 0 Å². The summed E-state index contributed by atoms with van der Waals surface area (Å²) in [5, 5.41) is 18.3. The van der Waals surface area contributed by atoms with E-state index in [4.69, 9.17) is 10.3 Å². The first-order valence-electron chi connectivity index (χ1n) is 3.78. The number of hydroxylamine groups is 2. The molecule has 0 aromatic rings. The Bertz CT molecular complexity index is 160. The van der Waals surface area contributed by atoms with Gasteiger partial charge < -0.3 is 5.11 Å². The molecule has 64 valence electrons. The first-order valence-corrected chi connectivity index (χ1v) is 3.78. The van der Waals surface area contributed by atoms with Crippen LogP contribution in [0, 0.1) is 11.8 Å². The van der Waals surface area contributed by atoms with Crippen molar-refractivity contribution in [2.75, 3.05) is 13.2 Å².